The highest BCUT2D eigenvalue weighted by Crippen LogP contribution is 2.38. The topological polar surface area (TPSA) is 77.6 Å². The van der Waals surface area contributed by atoms with Gasteiger partial charge >= 0.3 is 0 Å². The van der Waals surface area contributed by atoms with Crippen LogP contribution in [0.4, 0.5) is 27.3 Å². The van der Waals surface area contributed by atoms with Gasteiger partial charge in [-0.05, 0) is 37.7 Å². The first-order valence-corrected chi connectivity index (χ1v) is 13.3. The van der Waals surface area contributed by atoms with E-state index < -0.39 is 20.7 Å². The average Bonchev–Trinajstić information content (AvgIpc) is 3.48. The fourth-order valence-corrected chi connectivity index (χ4v) is 6.05. The number of hydrogen-bond acceptors (Lipinski definition) is 7. The SMILES string of the molecule is CNC1CCN(c2cc(Cl)ccc2Nc2cc(F)c(S(=O)(=O)N(Cl)c3cscn3)cc2Cl)C1. The summed E-state index contributed by atoms with van der Waals surface area (Å²) in [4.78, 5) is 5.35. The molecule has 2 heterocycles. The molecule has 1 unspecified atom stereocenters. The molecular weight excluding hydrogens is 532 g/mol. The minimum Gasteiger partial charge on any atom is -0.368 e. The van der Waals surface area contributed by atoms with E-state index in [2.05, 4.69) is 20.5 Å². The first-order chi connectivity index (χ1) is 15.7. The van der Waals surface area contributed by atoms with Crippen molar-refractivity contribution < 1.29 is 12.8 Å². The van der Waals surface area contributed by atoms with E-state index in [0.717, 1.165) is 48.7 Å². The van der Waals surface area contributed by atoms with Crippen LogP contribution < -0.4 is 19.4 Å². The third-order valence-electron chi connectivity index (χ3n) is 5.28. The summed E-state index contributed by atoms with van der Waals surface area (Å²) in [6.45, 7) is 1.61. The van der Waals surface area contributed by atoms with Crippen LogP contribution >= 0.6 is 46.3 Å². The predicted molar refractivity (Wildman–Crippen MR) is 133 cm³/mol. The number of aromatic nitrogens is 1. The molecule has 13 heteroatoms. The third-order valence-corrected chi connectivity index (χ3v) is 8.59. The molecule has 0 saturated carbocycles. The maximum atomic E-state index is 15.0. The molecule has 0 aliphatic carbocycles. The van der Waals surface area contributed by atoms with Crippen LogP contribution in [0, 0.1) is 5.82 Å². The van der Waals surface area contributed by atoms with Crippen molar-refractivity contribution in [2.24, 2.45) is 0 Å². The van der Waals surface area contributed by atoms with E-state index in [1.165, 1.54) is 10.9 Å². The van der Waals surface area contributed by atoms with Crippen molar-refractivity contribution in [3.05, 3.63) is 57.1 Å². The van der Waals surface area contributed by atoms with E-state index in [1.807, 2.05) is 13.1 Å². The molecule has 1 aliphatic heterocycles. The normalized spacial score (nSPS) is 16.3. The number of nitrogens with zero attached hydrogens (tertiary/aromatic N) is 3. The van der Waals surface area contributed by atoms with Gasteiger partial charge in [-0.15, -0.1) is 11.3 Å². The molecule has 4 rings (SSSR count). The molecule has 2 N–H and O–H groups in total. The standard InChI is InChI=1S/C20H19Cl3FN5O2S2/c1-25-13-4-5-28(9-13)18-6-12(21)2-3-16(18)27-17-8-15(24)19(7-14(17)22)33(30,31)29(23)20-10-32-11-26-20/h2-3,6-8,10-11,13,25,27H,4-5,9H2,1H3. The van der Waals surface area contributed by atoms with E-state index in [-0.39, 0.29) is 16.5 Å². The summed E-state index contributed by atoms with van der Waals surface area (Å²) in [5.41, 5.74) is 3.12. The number of benzene rings is 2. The number of anilines is 4. The fourth-order valence-electron chi connectivity index (χ4n) is 3.56. The van der Waals surface area contributed by atoms with E-state index in [0.29, 0.717) is 20.6 Å². The first kappa shape index (κ1) is 24.3. The summed E-state index contributed by atoms with van der Waals surface area (Å²) in [5, 5.41) is 8.37. The summed E-state index contributed by atoms with van der Waals surface area (Å²) in [5.74, 6) is -1.04. The fraction of sp³-hybridized carbons (Fsp3) is 0.250. The lowest BCUT2D eigenvalue weighted by Gasteiger charge is -2.23. The number of thiazole rings is 1. The molecule has 1 aromatic heterocycles. The number of nitrogens with one attached hydrogen (secondary N) is 2. The zero-order valence-electron chi connectivity index (χ0n) is 17.2. The molecule has 2 aromatic carbocycles. The van der Waals surface area contributed by atoms with Crippen LogP contribution in [-0.2, 0) is 10.0 Å². The average molecular weight is 551 g/mol. The van der Waals surface area contributed by atoms with Crippen molar-refractivity contribution in [1.82, 2.24) is 10.3 Å². The summed E-state index contributed by atoms with van der Waals surface area (Å²) in [6.07, 6.45) is 0.971. The largest absolute Gasteiger partial charge is 0.368 e. The molecule has 0 bridgehead atoms. The molecular formula is C20H19Cl3FN5O2S2. The Morgan fingerprint density at radius 2 is 2.03 bits per heavy atom. The van der Waals surface area contributed by atoms with Crippen molar-refractivity contribution in [2.45, 2.75) is 17.4 Å². The van der Waals surface area contributed by atoms with E-state index in [1.54, 1.807) is 12.1 Å². The van der Waals surface area contributed by atoms with Gasteiger partial charge in [-0.3, -0.25) is 0 Å². The zero-order chi connectivity index (χ0) is 23.8. The Labute approximate surface area is 210 Å². The van der Waals surface area contributed by atoms with Crippen LogP contribution in [0.3, 0.4) is 0 Å². The Morgan fingerprint density at radius 1 is 1.24 bits per heavy atom. The van der Waals surface area contributed by atoms with Crippen molar-refractivity contribution >= 4 is 79.2 Å². The van der Waals surface area contributed by atoms with Crippen LogP contribution in [0.15, 0.2) is 46.1 Å². The van der Waals surface area contributed by atoms with Crippen molar-refractivity contribution in [2.75, 3.05) is 34.2 Å². The molecule has 1 saturated heterocycles. The second-order valence-electron chi connectivity index (χ2n) is 7.34. The Bertz CT molecular complexity index is 1260. The summed E-state index contributed by atoms with van der Waals surface area (Å²) >= 11 is 19.7. The molecule has 0 radical (unpaired) electrons. The van der Waals surface area contributed by atoms with Crippen molar-refractivity contribution in [3.63, 3.8) is 0 Å². The third kappa shape index (κ3) is 5.01. The Hall–Kier alpha value is -1.82. The lowest BCUT2D eigenvalue weighted by molar-refractivity contribution is 0.568. The zero-order valence-corrected chi connectivity index (χ0v) is 21.1. The molecule has 33 heavy (non-hydrogen) atoms. The number of sulfonamides is 1. The summed E-state index contributed by atoms with van der Waals surface area (Å²) < 4.78 is 41.0. The number of rotatable bonds is 7. The minimum absolute atomic E-state index is 0.00810. The molecule has 0 amide bonds. The molecule has 3 aromatic rings. The molecule has 176 valence electrons. The van der Waals surface area contributed by atoms with E-state index in [4.69, 9.17) is 35.0 Å². The van der Waals surface area contributed by atoms with Crippen molar-refractivity contribution in [1.29, 1.82) is 0 Å². The maximum Gasteiger partial charge on any atom is 0.282 e. The highest BCUT2D eigenvalue weighted by molar-refractivity contribution is 7.94. The Morgan fingerprint density at radius 3 is 2.70 bits per heavy atom. The van der Waals surface area contributed by atoms with Gasteiger partial charge in [-0.25, -0.2) is 9.37 Å². The smallest absolute Gasteiger partial charge is 0.282 e. The highest BCUT2D eigenvalue weighted by atomic mass is 35.5. The molecule has 1 fully saturated rings. The predicted octanol–water partition coefficient (Wildman–Crippen LogP) is 5.48. The van der Waals surface area contributed by atoms with Gasteiger partial charge in [-0.1, -0.05) is 23.2 Å². The van der Waals surface area contributed by atoms with Crippen LogP contribution in [0.25, 0.3) is 0 Å². The van der Waals surface area contributed by atoms with Crippen LogP contribution in [-0.4, -0.2) is 39.6 Å². The monoisotopic (exact) mass is 549 g/mol. The number of likely N-dealkylation sites (N-methyl/N-ethyl adjacent to an activating group) is 1. The van der Waals surface area contributed by atoms with Gasteiger partial charge in [0.2, 0.25) is 0 Å². The van der Waals surface area contributed by atoms with Crippen LogP contribution in [0.5, 0.6) is 0 Å². The molecule has 1 atom stereocenters. The summed E-state index contributed by atoms with van der Waals surface area (Å²) in [7, 11) is -2.50. The molecule has 1 aliphatic rings. The van der Waals surface area contributed by atoms with Crippen LogP contribution in [0.1, 0.15) is 6.42 Å². The van der Waals surface area contributed by atoms with Crippen molar-refractivity contribution in [3.8, 4) is 0 Å². The molecule has 0 spiro atoms. The maximum absolute atomic E-state index is 15.0. The second kappa shape index (κ2) is 9.81. The minimum atomic E-state index is -4.42. The van der Waals surface area contributed by atoms with Gasteiger partial charge in [0.1, 0.15) is 10.7 Å². The lowest BCUT2D eigenvalue weighted by Crippen LogP contribution is -2.29. The first-order valence-electron chi connectivity index (χ1n) is 9.78. The van der Waals surface area contributed by atoms with Gasteiger partial charge in [-0.2, -0.15) is 12.2 Å². The number of halogens is 4. The van der Waals surface area contributed by atoms with Crippen LogP contribution in [0.2, 0.25) is 10.0 Å². The van der Waals surface area contributed by atoms with Gasteiger partial charge in [0, 0.05) is 47.4 Å². The van der Waals surface area contributed by atoms with Gasteiger partial charge in [0.15, 0.2) is 5.82 Å². The second-order valence-corrected chi connectivity index (χ2v) is 11.2. The Balaban J connectivity index is 1.65. The highest BCUT2D eigenvalue weighted by Gasteiger charge is 2.30. The Kier molecular flexibility index (Phi) is 7.23. The quantitative estimate of drug-likeness (QED) is 0.379. The lowest BCUT2D eigenvalue weighted by atomic mass is 10.2. The van der Waals surface area contributed by atoms with E-state index in [9.17, 15) is 12.8 Å². The van der Waals surface area contributed by atoms with Gasteiger partial charge < -0.3 is 15.5 Å². The summed E-state index contributed by atoms with van der Waals surface area (Å²) in [6, 6.07) is 7.70. The van der Waals surface area contributed by atoms with E-state index >= 15 is 0 Å². The van der Waals surface area contributed by atoms with Gasteiger partial charge in [0.05, 0.1) is 27.6 Å². The number of hydrogen-bond donors (Lipinski definition) is 2. The molecule has 7 nitrogen and oxygen atoms in total. The van der Waals surface area contributed by atoms with Gasteiger partial charge in [0.25, 0.3) is 10.0 Å².